The molecule has 1 amide bonds. The molecule has 6 nitrogen and oxygen atoms in total. The van der Waals surface area contributed by atoms with Crippen molar-refractivity contribution in [3.8, 4) is 5.75 Å². The first-order chi connectivity index (χ1) is 10.1. The Morgan fingerprint density at radius 1 is 1.43 bits per heavy atom. The van der Waals surface area contributed by atoms with Crippen LogP contribution in [0, 0.1) is 6.92 Å². The van der Waals surface area contributed by atoms with Crippen molar-refractivity contribution in [2.45, 2.75) is 13.5 Å². The maximum Gasteiger partial charge on any atom is 0.244 e. The molecule has 21 heavy (non-hydrogen) atoms. The van der Waals surface area contributed by atoms with Crippen LogP contribution >= 0.6 is 0 Å². The van der Waals surface area contributed by atoms with Gasteiger partial charge < -0.3 is 15.4 Å². The minimum absolute atomic E-state index is 0.0357. The van der Waals surface area contributed by atoms with Crippen LogP contribution in [0.25, 0.3) is 0 Å². The molecule has 0 saturated heterocycles. The Hall–Kier alpha value is -2.50. The highest BCUT2D eigenvalue weighted by molar-refractivity contribution is 5.75. The first-order valence-corrected chi connectivity index (χ1v) is 6.76. The molecule has 0 atom stereocenters. The van der Waals surface area contributed by atoms with Gasteiger partial charge in [0.05, 0.1) is 18.4 Å². The largest absolute Gasteiger partial charge is 0.491 e. The highest BCUT2D eigenvalue weighted by Gasteiger charge is 2.10. The van der Waals surface area contributed by atoms with E-state index in [-0.39, 0.29) is 12.5 Å². The number of para-hydroxylation sites is 1. The van der Waals surface area contributed by atoms with Crippen molar-refractivity contribution in [1.82, 2.24) is 14.7 Å². The number of nitrogens with two attached hydrogens (primary N) is 1. The van der Waals surface area contributed by atoms with Crippen LogP contribution in [-0.4, -0.2) is 40.8 Å². The van der Waals surface area contributed by atoms with Gasteiger partial charge in [-0.25, -0.2) is 0 Å². The molecule has 0 bridgehead atoms. The summed E-state index contributed by atoms with van der Waals surface area (Å²) in [5.74, 6) is 0.810. The van der Waals surface area contributed by atoms with Crippen LogP contribution in [0.3, 0.4) is 0 Å². The highest BCUT2D eigenvalue weighted by atomic mass is 16.5. The van der Waals surface area contributed by atoms with E-state index in [0.717, 1.165) is 11.3 Å². The van der Waals surface area contributed by atoms with Gasteiger partial charge in [-0.1, -0.05) is 18.2 Å². The number of rotatable bonds is 6. The van der Waals surface area contributed by atoms with Crippen molar-refractivity contribution in [3.63, 3.8) is 0 Å². The number of aryl methyl sites for hydroxylation is 1. The number of aromatic nitrogens is 2. The molecule has 0 aliphatic carbocycles. The fourth-order valence-electron chi connectivity index (χ4n) is 1.86. The number of hydrogen-bond acceptors (Lipinski definition) is 4. The van der Waals surface area contributed by atoms with E-state index < -0.39 is 0 Å². The first kappa shape index (κ1) is 14.9. The van der Waals surface area contributed by atoms with E-state index in [1.807, 2.05) is 31.2 Å². The van der Waals surface area contributed by atoms with Gasteiger partial charge >= 0.3 is 0 Å². The van der Waals surface area contributed by atoms with E-state index in [1.54, 1.807) is 18.1 Å². The average Bonchev–Trinajstić information content (AvgIpc) is 2.86. The van der Waals surface area contributed by atoms with Crippen LogP contribution in [0.15, 0.2) is 36.7 Å². The summed E-state index contributed by atoms with van der Waals surface area (Å²) in [7, 11) is 1.75. The van der Waals surface area contributed by atoms with Gasteiger partial charge in [0.25, 0.3) is 0 Å². The zero-order chi connectivity index (χ0) is 15.2. The van der Waals surface area contributed by atoms with Gasteiger partial charge in [0.1, 0.15) is 18.9 Å². The summed E-state index contributed by atoms with van der Waals surface area (Å²) in [6, 6.07) is 7.81. The van der Waals surface area contributed by atoms with Crippen LogP contribution in [0.1, 0.15) is 5.56 Å². The number of anilines is 1. The van der Waals surface area contributed by atoms with Crippen LogP contribution in [0.2, 0.25) is 0 Å². The average molecular weight is 288 g/mol. The quantitative estimate of drug-likeness (QED) is 0.870. The number of nitrogens with zero attached hydrogens (tertiary/aromatic N) is 3. The molecule has 0 fully saturated rings. The molecule has 0 aliphatic heterocycles. The zero-order valence-electron chi connectivity index (χ0n) is 12.3. The molecule has 6 heteroatoms. The molecule has 1 aromatic carbocycles. The van der Waals surface area contributed by atoms with E-state index in [4.69, 9.17) is 10.5 Å². The Morgan fingerprint density at radius 3 is 2.86 bits per heavy atom. The molecule has 1 aromatic heterocycles. The monoisotopic (exact) mass is 288 g/mol. The van der Waals surface area contributed by atoms with Gasteiger partial charge in [-0.15, -0.1) is 0 Å². The number of likely N-dealkylation sites (N-methyl/N-ethyl adjacent to an activating group) is 1. The second kappa shape index (κ2) is 6.78. The van der Waals surface area contributed by atoms with Gasteiger partial charge in [-0.3, -0.25) is 9.48 Å². The maximum atomic E-state index is 12.0. The predicted octanol–water partition coefficient (Wildman–Crippen LogP) is 1.31. The molecule has 0 aliphatic rings. The second-order valence-corrected chi connectivity index (χ2v) is 4.90. The number of carbonyl (C=O) groups excluding carboxylic acids is 1. The van der Waals surface area contributed by atoms with Crippen LogP contribution in [0.5, 0.6) is 5.75 Å². The SMILES string of the molecule is Cc1ccccc1OCCN(C)C(=O)Cn1cc(N)cn1. The normalized spacial score (nSPS) is 10.4. The van der Waals surface area contributed by atoms with Gasteiger partial charge in [0, 0.05) is 13.2 Å². The molecule has 0 radical (unpaired) electrons. The molecule has 2 aromatic rings. The van der Waals surface area contributed by atoms with Crippen molar-refractivity contribution >= 4 is 11.6 Å². The Morgan fingerprint density at radius 2 is 2.19 bits per heavy atom. The minimum Gasteiger partial charge on any atom is -0.491 e. The predicted molar refractivity (Wildman–Crippen MR) is 81.0 cm³/mol. The molecular formula is C15H20N4O2. The maximum absolute atomic E-state index is 12.0. The Balaban J connectivity index is 1.77. The summed E-state index contributed by atoms with van der Waals surface area (Å²) in [5, 5.41) is 3.99. The Bertz CT molecular complexity index is 609. The highest BCUT2D eigenvalue weighted by Crippen LogP contribution is 2.15. The Kier molecular flexibility index (Phi) is 4.81. The zero-order valence-corrected chi connectivity index (χ0v) is 12.3. The number of ether oxygens (including phenoxy) is 1. The van der Waals surface area contributed by atoms with Crippen molar-refractivity contribution in [2.24, 2.45) is 0 Å². The first-order valence-electron chi connectivity index (χ1n) is 6.76. The smallest absolute Gasteiger partial charge is 0.244 e. The molecule has 1 heterocycles. The molecule has 112 valence electrons. The lowest BCUT2D eigenvalue weighted by atomic mass is 10.2. The van der Waals surface area contributed by atoms with Gasteiger partial charge in [0.15, 0.2) is 0 Å². The van der Waals surface area contributed by atoms with Crippen molar-refractivity contribution < 1.29 is 9.53 Å². The van der Waals surface area contributed by atoms with Gasteiger partial charge in [-0.2, -0.15) is 5.10 Å². The number of benzene rings is 1. The molecule has 2 N–H and O–H groups in total. The lowest BCUT2D eigenvalue weighted by molar-refractivity contribution is -0.131. The molecule has 0 unspecified atom stereocenters. The fourth-order valence-corrected chi connectivity index (χ4v) is 1.86. The summed E-state index contributed by atoms with van der Waals surface area (Å²) in [6.45, 7) is 3.14. The number of carbonyl (C=O) groups is 1. The lowest BCUT2D eigenvalue weighted by Gasteiger charge is -2.18. The topological polar surface area (TPSA) is 73.4 Å². The van der Waals surface area contributed by atoms with Crippen molar-refractivity contribution in [3.05, 3.63) is 42.2 Å². The third-order valence-corrected chi connectivity index (χ3v) is 3.15. The second-order valence-electron chi connectivity index (χ2n) is 4.90. The van der Waals surface area contributed by atoms with Crippen LogP contribution in [0.4, 0.5) is 5.69 Å². The summed E-state index contributed by atoms with van der Waals surface area (Å²) in [6.07, 6.45) is 3.16. The van der Waals surface area contributed by atoms with E-state index in [2.05, 4.69) is 5.10 Å². The number of amides is 1. The summed E-state index contributed by atoms with van der Waals surface area (Å²) >= 11 is 0. The number of nitrogen functional groups attached to an aromatic ring is 1. The summed E-state index contributed by atoms with van der Waals surface area (Å²) in [5.41, 5.74) is 7.19. The van der Waals surface area contributed by atoms with Crippen LogP contribution in [-0.2, 0) is 11.3 Å². The van der Waals surface area contributed by atoms with E-state index in [1.165, 1.54) is 10.9 Å². The third-order valence-electron chi connectivity index (χ3n) is 3.15. The van der Waals surface area contributed by atoms with E-state index >= 15 is 0 Å². The lowest BCUT2D eigenvalue weighted by Crippen LogP contribution is -2.33. The van der Waals surface area contributed by atoms with E-state index in [0.29, 0.717) is 18.8 Å². The van der Waals surface area contributed by atoms with Crippen LogP contribution < -0.4 is 10.5 Å². The molecule has 2 rings (SSSR count). The van der Waals surface area contributed by atoms with Gasteiger partial charge in [0.2, 0.25) is 5.91 Å². The van der Waals surface area contributed by atoms with Crippen molar-refractivity contribution in [2.75, 3.05) is 25.9 Å². The minimum atomic E-state index is -0.0357. The van der Waals surface area contributed by atoms with E-state index in [9.17, 15) is 4.79 Å². The fraction of sp³-hybridized carbons (Fsp3) is 0.333. The summed E-state index contributed by atoms with van der Waals surface area (Å²) < 4.78 is 7.20. The summed E-state index contributed by atoms with van der Waals surface area (Å²) in [4.78, 5) is 13.6. The standard InChI is InChI=1S/C15H20N4O2/c1-12-5-3-4-6-14(12)21-8-7-18(2)15(20)11-19-10-13(16)9-17-19/h3-6,9-10H,7-8,11,16H2,1-2H3. The number of hydrogen-bond donors (Lipinski definition) is 1. The Labute approximate surface area is 124 Å². The van der Waals surface area contributed by atoms with Crippen molar-refractivity contribution in [1.29, 1.82) is 0 Å². The molecule has 0 saturated carbocycles. The third kappa shape index (κ3) is 4.24. The van der Waals surface area contributed by atoms with Gasteiger partial charge in [-0.05, 0) is 18.6 Å². The molecule has 0 spiro atoms. The molecular weight excluding hydrogens is 268 g/mol.